The van der Waals surface area contributed by atoms with Crippen LogP contribution in [0.3, 0.4) is 0 Å². The highest BCUT2D eigenvalue weighted by Gasteiger charge is 2.39. The first kappa shape index (κ1) is 19.6. The van der Waals surface area contributed by atoms with Crippen LogP contribution >= 0.6 is 0 Å². The predicted octanol–water partition coefficient (Wildman–Crippen LogP) is 2.55. The van der Waals surface area contributed by atoms with Gasteiger partial charge in [-0.15, -0.1) is 0 Å². The normalized spacial score (nSPS) is 20.0. The molecule has 0 bridgehead atoms. The van der Waals surface area contributed by atoms with E-state index in [0.717, 1.165) is 37.3 Å². The molecule has 0 spiro atoms. The zero-order valence-electron chi connectivity index (χ0n) is 17.4. The maximum atomic E-state index is 12.8. The topological polar surface area (TPSA) is 81.3 Å². The number of carbonyl (C=O) groups excluding carboxylic acids is 2. The van der Waals surface area contributed by atoms with E-state index in [9.17, 15) is 9.59 Å². The van der Waals surface area contributed by atoms with Crippen molar-refractivity contribution in [2.75, 3.05) is 18.4 Å². The molecule has 2 aliphatic rings. The van der Waals surface area contributed by atoms with Gasteiger partial charge in [-0.05, 0) is 32.8 Å². The molecule has 0 aliphatic carbocycles. The van der Waals surface area contributed by atoms with Crippen LogP contribution in [-0.2, 0) is 29.1 Å². The number of anilines is 1. The van der Waals surface area contributed by atoms with Crippen molar-refractivity contribution in [1.29, 1.82) is 0 Å². The molecule has 4 rings (SSSR count). The maximum Gasteiger partial charge on any atom is 0.231 e. The fourth-order valence-electron chi connectivity index (χ4n) is 4.20. The minimum absolute atomic E-state index is 0.0401. The van der Waals surface area contributed by atoms with Crippen LogP contribution in [0.2, 0.25) is 0 Å². The second-order valence-corrected chi connectivity index (χ2v) is 9.04. The fourth-order valence-corrected chi connectivity index (χ4v) is 4.20. The largest absolute Gasteiger partial charge is 0.337 e. The number of nitrogens with zero attached hydrogens (tertiary/aromatic N) is 3. The Morgan fingerprint density at radius 3 is 2.72 bits per heavy atom. The number of benzene rings is 1. The van der Waals surface area contributed by atoms with Gasteiger partial charge in [0.2, 0.25) is 11.8 Å². The summed E-state index contributed by atoms with van der Waals surface area (Å²) < 4.78 is 0. The van der Waals surface area contributed by atoms with Gasteiger partial charge >= 0.3 is 0 Å². The first-order valence-electron chi connectivity index (χ1n) is 10.2. The van der Waals surface area contributed by atoms with Gasteiger partial charge in [-0.2, -0.15) is 5.10 Å². The van der Waals surface area contributed by atoms with E-state index in [1.165, 1.54) is 5.56 Å². The smallest absolute Gasteiger partial charge is 0.231 e. The number of hydrogen-bond acceptors (Lipinski definition) is 4. The number of nitrogens with one attached hydrogen (secondary N) is 2. The summed E-state index contributed by atoms with van der Waals surface area (Å²) in [6.07, 6.45) is 1.10. The monoisotopic (exact) mass is 395 g/mol. The van der Waals surface area contributed by atoms with E-state index in [2.05, 4.69) is 44.7 Å². The fraction of sp³-hybridized carbons (Fsp3) is 0.500. The second-order valence-electron chi connectivity index (χ2n) is 9.04. The standard InChI is InChI=1S/C22H29N5O2/c1-22(2,3)27-13-16(11-19(27)28)21(29)23-20-17-9-10-26(14-18(17)24-25-20)12-15-7-5-4-6-8-15/h4-8,16H,9-14H2,1-3H3,(H2,23,24,25,29). The lowest BCUT2D eigenvalue weighted by Gasteiger charge is -2.31. The second kappa shape index (κ2) is 7.63. The van der Waals surface area contributed by atoms with Crippen LogP contribution in [0.15, 0.2) is 30.3 Å². The van der Waals surface area contributed by atoms with E-state index >= 15 is 0 Å². The summed E-state index contributed by atoms with van der Waals surface area (Å²) in [4.78, 5) is 29.2. The van der Waals surface area contributed by atoms with Crippen molar-refractivity contribution in [2.45, 2.75) is 52.2 Å². The number of H-pyrrole nitrogens is 1. The zero-order valence-corrected chi connectivity index (χ0v) is 17.4. The molecule has 1 unspecified atom stereocenters. The number of rotatable bonds is 4. The third-order valence-corrected chi connectivity index (χ3v) is 5.81. The van der Waals surface area contributed by atoms with Crippen molar-refractivity contribution in [3.63, 3.8) is 0 Å². The minimum atomic E-state index is -0.327. The zero-order chi connectivity index (χ0) is 20.6. The van der Waals surface area contributed by atoms with Crippen LogP contribution in [-0.4, -0.2) is 50.4 Å². The Morgan fingerprint density at radius 1 is 1.28 bits per heavy atom. The molecule has 2 aliphatic heterocycles. The average molecular weight is 396 g/mol. The summed E-state index contributed by atoms with van der Waals surface area (Å²) in [6.45, 7) is 9.06. The third-order valence-electron chi connectivity index (χ3n) is 5.81. The minimum Gasteiger partial charge on any atom is -0.337 e. The molecular formula is C22H29N5O2. The van der Waals surface area contributed by atoms with Gasteiger partial charge in [0.15, 0.2) is 5.82 Å². The van der Waals surface area contributed by atoms with Crippen LogP contribution < -0.4 is 5.32 Å². The van der Waals surface area contributed by atoms with E-state index in [0.29, 0.717) is 12.4 Å². The molecule has 2 aromatic rings. The summed E-state index contributed by atoms with van der Waals surface area (Å²) in [7, 11) is 0. The number of aromatic nitrogens is 2. The summed E-state index contributed by atoms with van der Waals surface area (Å²) in [5.74, 6) is 0.211. The quantitative estimate of drug-likeness (QED) is 0.834. The van der Waals surface area contributed by atoms with E-state index in [1.54, 1.807) is 4.90 Å². The molecular weight excluding hydrogens is 366 g/mol. The van der Waals surface area contributed by atoms with Gasteiger partial charge < -0.3 is 10.2 Å². The highest BCUT2D eigenvalue weighted by Crippen LogP contribution is 2.28. The van der Waals surface area contributed by atoms with Crippen LogP contribution in [0.1, 0.15) is 44.0 Å². The molecule has 0 saturated carbocycles. The van der Waals surface area contributed by atoms with Gasteiger partial charge in [0, 0.05) is 43.7 Å². The highest BCUT2D eigenvalue weighted by atomic mass is 16.2. The molecule has 154 valence electrons. The van der Waals surface area contributed by atoms with Gasteiger partial charge in [-0.3, -0.25) is 19.6 Å². The summed E-state index contributed by atoms with van der Waals surface area (Å²) in [5.41, 5.74) is 3.17. The molecule has 3 heterocycles. The molecule has 2 amide bonds. The lowest BCUT2D eigenvalue weighted by Crippen LogP contribution is -2.42. The molecule has 1 aromatic heterocycles. The van der Waals surface area contributed by atoms with E-state index in [-0.39, 0.29) is 29.7 Å². The summed E-state index contributed by atoms with van der Waals surface area (Å²) in [6, 6.07) is 10.4. The average Bonchev–Trinajstić information content (AvgIpc) is 3.26. The number of aromatic amines is 1. The maximum absolute atomic E-state index is 12.8. The number of fused-ring (bicyclic) bond motifs is 1. The molecule has 1 saturated heterocycles. The number of likely N-dealkylation sites (tertiary alicyclic amines) is 1. The Morgan fingerprint density at radius 2 is 2.03 bits per heavy atom. The Bertz CT molecular complexity index is 900. The van der Waals surface area contributed by atoms with Gasteiger partial charge in [-0.1, -0.05) is 30.3 Å². The lowest BCUT2D eigenvalue weighted by atomic mass is 10.0. The molecule has 0 radical (unpaired) electrons. The van der Waals surface area contributed by atoms with Crippen molar-refractivity contribution >= 4 is 17.6 Å². The summed E-state index contributed by atoms with van der Waals surface area (Å²) in [5, 5.41) is 10.4. The van der Waals surface area contributed by atoms with E-state index < -0.39 is 0 Å². The van der Waals surface area contributed by atoms with Gasteiger partial charge in [-0.25, -0.2) is 0 Å². The Labute approximate surface area is 171 Å². The van der Waals surface area contributed by atoms with Crippen molar-refractivity contribution in [3.8, 4) is 0 Å². The first-order chi connectivity index (χ1) is 13.8. The van der Waals surface area contributed by atoms with Crippen LogP contribution in [0.25, 0.3) is 0 Å². The predicted molar refractivity (Wildman–Crippen MR) is 111 cm³/mol. The highest BCUT2D eigenvalue weighted by molar-refractivity contribution is 5.97. The molecule has 1 fully saturated rings. The molecule has 2 N–H and O–H groups in total. The van der Waals surface area contributed by atoms with Gasteiger partial charge in [0.05, 0.1) is 11.6 Å². The summed E-state index contributed by atoms with van der Waals surface area (Å²) >= 11 is 0. The molecule has 7 heteroatoms. The Kier molecular flexibility index (Phi) is 5.17. The lowest BCUT2D eigenvalue weighted by molar-refractivity contribution is -0.131. The van der Waals surface area contributed by atoms with Crippen molar-refractivity contribution in [2.24, 2.45) is 5.92 Å². The van der Waals surface area contributed by atoms with Crippen molar-refractivity contribution in [1.82, 2.24) is 20.0 Å². The Balaban J connectivity index is 1.38. The van der Waals surface area contributed by atoms with Crippen LogP contribution in [0.4, 0.5) is 5.82 Å². The molecule has 1 aromatic carbocycles. The molecule has 7 nitrogen and oxygen atoms in total. The first-order valence-corrected chi connectivity index (χ1v) is 10.2. The molecule has 1 atom stereocenters. The SMILES string of the molecule is CC(C)(C)N1CC(C(=O)Nc2n[nH]c3c2CCN(Cc2ccccc2)C3)CC1=O. The number of hydrogen-bond donors (Lipinski definition) is 2. The number of amides is 2. The van der Waals surface area contributed by atoms with E-state index in [4.69, 9.17) is 0 Å². The van der Waals surface area contributed by atoms with Crippen molar-refractivity contribution in [3.05, 3.63) is 47.2 Å². The third kappa shape index (κ3) is 4.19. The van der Waals surface area contributed by atoms with Gasteiger partial charge in [0.1, 0.15) is 0 Å². The van der Waals surface area contributed by atoms with Crippen LogP contribution in [0, 0.1) is 5.92 Å². The number of carbonyl (C=O) groups is 2. The molecule has 29 heavy (non-hydrogen) atoms. The van der Waals surface area contributed by atoms with Crippen LogP contribution in [0.5, 0.6) is 0 Å². The van der Waals surface area contributed by atoms with E-state index in [1.807, 2.05) is 26.8 Å². The Hall–Kier alpha value is -2.67. The van der Waals surface area contributed by atoms with Gasteiger partial charge in [0.25, 0.3) is 0 Å². The van der Waals surface area contributed by atoms with Crippen molar-refractivity contribution < 1.29 is 9.59 Å².